The van der Waals surface area contributed by atoms with Crippen LogP contribution in [0.3, 0.4) is 0 Å². The largest absolute Gasteiger partial charge is 0.326 e. The third kappa shape index (κ3) is 2.45. The molecule has 2 N–H and O–H groups in total. The van der Waals surface area contributed by atoms with Crippen molar-refractivity contribution in [3.63, 3.8) is 0 Å². The lowest BCUT2D eigenvalue weighted by Gasteiger charge is -2.01. The van der Waals surface area contributed by atoms with E-state index in [1.165, 1.54) is 6.20 Å². The molecule has 0 bridgehead atoms. The van der Waals surface area contributed by atoms with Crippen molar-refractivity contribution in [2.24, 2.45) is 5.73 Å². The summed E-state index contributed by atoms with van der Waals surface area (Å²) in [6.07, 6.45) is 2.45. The molecule has 0 aliphatic rings. The highest BCUT2D eigenvalue weighted by Crippen LogP contribution is 2.13. The van der Waals surface area contributed by atoms with Gasteiger partial charge in [-0.25, -0.2) is 18.4 Å². The fraction of sp³-hybridized carbons (Fsp3) is 0.333. The van der Waals surface area contributed by atoms with Crippen molar-refractivity contribution in [1.29, 1.82) is 0 Å². The van der Waals surface area contributed by atoms with Crippen LogP contribution in [0.2, 0.25) is 0 Å². The number of hydrogen-bond acceptors (Lipinski definition) is 5. The van der Waals surface area contributed by atoms with Crippen LogP contribution >= 0.6 is 15.9 Å². The van der Waals surface area contributed by atoms with Crippen LogP contribution in [0.5, 0.6) is 0 Å². The van der Waals surface area contributed by atoms with Crippen molar-refractivity contribution < 1.29 is 8.42 Å². The Hall–Kier alpha value is -0.530. The van der Waals surface area contributed by atoms with Crippen LogP contribution in [0.1, 0.15) is 5.56 Å². The van der Waals surface area contributed by atoms with Gasteiger partial charge < -0.3 is 5.73 Å². The highest BCUT2D eigenvalue weighted by molar-refractivity contribution is 9.10. The number of nitrogens with two attached hydrogens (primary N) is 1. The molecule has 0 amide bonds. The Kier molecular flexibility index (Phi) is 2.99. The fourth-order valence-corrected chi connectivity index (χ4v) is 1.74. The Balaban J connectivity index is 3.26. The zero-order valence-corrected chi connectivity index (χ0v) is 9.26. The first-order chi connectivity index (χ1) is 5.95. The third-order valence-corrected chi connectivity index (χ3v) is 2.89. The van der Waals surface area contributed by atoms with Crippen molar-refractivity contribution in [3.8, 4) is 0 Å². The highest BCUT2D eigenvalue weighted by atomic mass is 79.9. The van der Waals surface area contributed by atoms with Crippen molar-refractivity contribution >= 4 is 25.8 Å². The lowest BCUT2D eigenvalue weighted by Crippen LogP contribution is -2.07. The topological polar surface area (TPSA) is 85.9 Å². The van der Waals surface area contributed by atoms with Gasteiger partial charge in [0.15, 0.2) is 0 Å². The lowest BCUT2D eigenvalue weighted by atomic mass is 10.4. The van der Waals surface area contributed by atoms with Gasteiger partial charge in [-0.05, 0) is 15.9 Å². The fourth-order valence-electron chi connectivity index (χ4n) is 0.687. The van der Waals surface area contributed by atoms with Crippen LogP contribution in [-0.4, -0.2) is 24.6 Å². The molecular weight excluding hydrogens is 258 g/mol. The molecular formula is C6H8BrN3O2S. The van der Waals surface area contributed by atoms with Gasteiger partial charge >= 0.3 is 0 Å². The zero-order chi connectivity index (χ0) is 10.1. The highest BCUT2D eigenvalue weighted by Gasteiger charge is 2.12. The van der Waals surface area contributed by atoms with Crippen LogP contribution in [0, 0.1) is 0 Å². The molecule has 0 unspecified atom stereocenters. The standard InChI is InChI=1S/C6H8BrN3O2S/c1-13(11,12)6-9-3-4(2-8)5(7)10-6/h3H,2,8H2,1H3. The summed E-state index contributed by atoms with van der Waals surface area (Å²) in [7, 11) is -3.34. The molecule has 0 saturated heterocycles. The average molecular weight is 266 g/mol. The van der Waals surface area contributed by atoms with Gasteiger partial charge in [-0.15, -0.1) is 0 Å². The summed E-state index contributed by atoms with van der Waals surface area (Å²) < 4.78 is 22.4. The first-order valence-electron chi connectivity index (χ1n) is 3.36. The Morgan fingerprint density at radius 3 is 2.62 bits per heavy atom. The minimum atomic E-state index is -3.34. The van der Waals surface area contributed by atoms with E-state index in [1.54, 1.807) is 0 Å². The minimum Gasteiger partial charge on any atom is -0.326 e. The SMILES string of the molecule is CS(=O)(=O)c1ncc(CN)c(Br)n1. The number of hydrogen-bond donors (Lipinski definition) is 1. The summed E-state index contributed by atoms with van der Waals surface area (Å²) in [6, 6.07) is 0. The molecule has 72 valence electrons. The van der Waals surface area contributed by atoms with E-state index in [2.05, 4.69) is 25.9 Å². The summed E-state index contributed by atoms with van der Waals surface area (Å²) in [5.74, 6) is 0. The maximum atomic E-state index is 11.0. The Labute approximate surface area is 84.4 Å². The lowest BCUT2D eigenvalue weighted by molar-refractivity contribution is 0.592. The van der Waals surface area contributed by atoms with Crippen LogP contribution in [0.4, 0.5) is 0 Å². The van der Waals surface area contributed by atoms with E-state index in [1.807, 2.05) is 0 Å². The van der Waals surface area contributed by atoms with Gasteiger partial charge in [0, 0.05) is 24.6 Å². The smallest absolute Gasteiger partial charge is 0.247 e. The molecule has 1 aromatic heterocycles. The molecule has 0 radical (unpaired) electrons. The molecule has 0 spiro atoms. The molecule has 0 aliphatic heterocycles. The van der Waals surface area contributed by atoms with E-state index in [4.69, 9.17) is 5.73 Å². The summed E-state index contributed by atoms with van der Waals surface area (Å²) in [6.45, 7) is 0.268. The average Bonchev–Trinajstić information content (AvgIpc) is 2.02. The Morgan fingerprint density at radius 1 is 1.62 bits per heavy atom. The normalized spacial score (nSPS) is 11.6. The molecule has 0 atom stereocenters. The molecule has 0 saturated carbocycles. The van der Waals surface area contributed by atoms with Crippen molar-refractivity contribution in [3.05, 3.63) is 16.4 Å². The molecule has 0 aromatic carbocycles. The van der Waals surface area contributed by atoms with E-state index in [0.29, 0.717) is 10.2 Å². The second-order valence-corrected chi connectivity index (χ2v) is 5.11. The third-order valence-electron chi connectivity index (χ3n) is 1.34. The van der Waals surface area contributed by atoms with E-state index < -0.39 is 9.84 Å². The van der Waals surface area contributed by atoms with Crippen LogP contribution in [-0.2, 0) is 16.4 Å². The van der Waals surface area contributed by atoms with E-state index in [9.17, 15) is 8.42 Å². The number of rotatable bonds is 2. The van der Waals surface area contributed by atoms with Crippen molar-refractivity contribution in [2.75, 3.05) is 6.26 Å². The quantitative estimate of drug-likeness (QED) is 0.606. The van der Waals surface area contributed by atoms with Crippen LogP contribution in [0.15, 0.2) is 16.0 Å². The zero-order valence-electron chi connectivity index (χ0n) is 6.86. The van der Waals surface area contributed by atoms with Crippen LogP contribution < -0.4 is 5.73 Å². The minimum absolute atomic E-state index is 0.198. The van der Waals surface area contributed by atoms with Crippen molar-refractivity contribution in [1.82, 2.24) is 9.97 Å². The number of sulfone groups is 1. The molecule has 1 aromatic rings. The molecule has 5 nitrogen and oxygen atoms in total. The molecule has 1 rings (SSSR count). The molecule has 0 aliphatic carbocycles. The molecule has 7 heteroatoms. The predicted octanol–water partition coefficient (Wildman–Crippen LogP) is 0.101. The summed E-state index contributed by atoms with van der Waals surface area (Å²) in [5.41, 5.74) is 6.02. The van der Waals surface area contributed by atoms with Gasteiger partial charge in [-0.1, -0.05) is 0 Å². The second-order valence-electron chi connectivity index (χ2n) is 2.44. The van der Waals surface area contributed by atoms with Crippen LogP contribution in [0.25, 0.3) is 0 Å². The number of nitrogens with zero attached hydrogens (tertiary/aromatic N) is 2. The second kappa shape index (κ2) is 3.69. The Bertz CT molecular complexity index is 418. The molecule has 0 fully saturated rings. The van der Waals surface area contributed by atoms with Gasteiger partial charge in [0.25, 0.3) is 0 Å². The van der Waals surface area contributed by atoms with Gasteiger partial charge in [0.2, 0.25) is 15.0 Å². The maximum Gasteiger partial charge on any atom is 0.247 e. The number of aromatic nitrogens is 2. The summed E-state index contributed by atoms with van der Waals surface area (Å²) >= 11 is 3.10. The van der Waals surface area contributed by atoms with Gasteiger partial charge in [-0.2, -0.15) is 0 Å². The van der Waals surface area contributed by atoms with Gasteiger partial charge in [-0.3, -0.25) is 0 Å². The van der Waals surface area contributed by atoms with E-state index in [0.717, 1.165) is 6.26 Å². The maximum absolute atomic E-state index is 11.0. The monoisotopic (exact) mass is 265 g/mol. The van der Waals surface area contributed by atoms with E-state index >= 15 is 0 Å². The van der Waals surface area contributed by atoms with Crippen molar-refractivity contribution in [2.45, 2.75) is 11.7 Å². The molecule has 1 heterocycles. The first-order valence-corrected chi connectivity index (χ1v) is 6.05. The number of halogens is 1. The summed E-state index contributed by atoms with van der Waals surface area (Å²) in [4.78, 5) is 7.43. The van der Waals surface area contributed by atoms with Gasteiger partial charge in [0.05, 0.1) is 0 Å². The predicted molar refractivity (Wildman–Crippen MR) is 50.7 cm³/mol. The van der Waals surface area contributed by atoms with Gasteiger partial charge in [0.1, 0.15) is 4.60 Å². The Morgan fingerprint density at radius 2 is 2.23 bits per heavy atom. The first kappa shape index (κ1) is 10.6. The van der Waals surface area contributed by atoms with E-state index in [-0.39, 0.29) is 11.7 Å². The molecule has 13 heavy (non-hydrogen) atoms. The summed E-state index contributed by atoms with van der Waals surface area (Å²) in [5, 5.41) is -0.198.